The van der Waals surface area contributed by atoms with Crippen molar-refractivity contribution in [2.24, 2.45) is 11.8 Å². The Bertz CT molecular complexity index is 426. The van der Waals surface area contributed by atoms with Crippen LogP contribution in [0.25, 0.3) is 0 Å². The minimum absolute atomic E-state index is 0.451. The van der Waals surface area contributed by atoms with E-state index < -0.39 is 37.4 Å². The maximum atomic E-state index is 12.1. The first kappa shape index (κ1) is 16.9. The van der Waals surface area contributed by atoms with Gasteiger partial charge < -0.3 is 14.2 Å². The number of ether oxygens (including phenoxy) is 3. The molecule has 0 spiro atoms. The molecule has 1 rings (SSSR count). The molecule has 1 saturated carbocycles. The number of rotatable bonds is 5. The van der Waals surface area contributed by atoms with E-state index in [1.165, 1.54) is 14.2 Å². The van der Waals surface area contributed by atoms with Gasteiger partial charge in [-0.1, -0.05) is 26.2 Å². The smallest absolute Gasteiger partial charge is 0.313 e. The van der Waals surface area contributed by atoms with Crippen LogP contribution < -0.4 is 0 Å². The summed E-state index contributed by atoms with van der Waals surface area (Å²) in [6.07, 6.45) is 0. The van der Waals surface area contributed by atoms with E-state index in [0.717, 1.165) is 0 Å². The summed E-state index contributed by atoms with van der Waals surface area (Å²) in [5.41, 5.74) is -0.194. The number of carbonyl (C=O) groups excluding carboxylic acids is 2. The molecular formula is C14H24O5Si. The molecule has 0 amide bonds. The Balaban J connectivity index is 3.20. The van der Waals surface area contributed by atoms with E-state index in [9.17, 15) is 9.59 Å². The van der Waals surface area contributed by atoms with Crippen LogP contribution in [0.2, 0.25) is 25.7 Å². The van der Waals surface area contributed by atoms with Crippen LogP contribution in [0.3, 0.4) is 0 Å². The van der Waals surface area contributed by atoms with Crippen molar-refractivity contribution in [1.29, 1.82) is 0 Å². The molecule has 20 heavy (non-hydrogen) atoms. The number of hydrogen-bond donors (Lipinski definition) is 0. The number of methoxy groups -OCH3 is 3. The molecule has 0 N–H and O–H groups in total. The number of carbonyl (C=O) groups is 2. The van der Waals surface area contributed by atoms with Gasteiger partial charge in [0.25, 0.3) is 0 Å². The molecule has 0 saturated heterocycles. The zero-order valence-electron chi connectivity index (χ0n) is 13.1. The van der Waals surface area contributed by atoms with E-state index in [2.05, 4.69) is 26.2 Å². The highest BCUT2D eigenvalue weighted by Gasteiger charge is 2.65. The Labute approximate surface area is 121 Å². The van der Waals surface area contributed by atoms with Gasteiger partial charge in [0, 0.05) is 15.2 Å². The van der Waals surface area contributed by atoms with Crippen LogP contribution in [0.15, 0.2) is 12.2 Å². The van der Waals surface area contributed by atoms with Gasteiger partial charge in [-0.2, -0.15) is 0 Å². The van der Waals surface area contributed by atoms with Gasteiger partial charge in [-0.15, -0.1) is 0 Å². The topological polar surface area (TPSA) is 61.8 Å². The molecule has 0 aromatic heterocycles. The third-order valence-electron chi connectivity index (χ3n) is 3.82. The van der Waals surface area contributed by atoms with E-state index in [1.807, 2.05) is 0 Å². The monoisotopic (exact) mass is 300 g/mol. The standard InChI is InChI=1S/C14H24O5Si/c1-9-10(12(15)17-2)11(13(16)18-3)14(9,19-4)8-20(5,6)7/h10-11H,1,8H2,2-7H3/t10-,11+,14?/m0/s1. The van der Waals surface area contributed by atoms with Crippen LogP contribution in [-0.4, -0.2) is 46.9 Å². The molecule has 1 aliphatic carbocycles. The molecular weight excluding hydrogens is 276 g/mol. The van der Waals surface area contributed by atoms with Crippen molar-refractivity contribution in [2.75, 3.05) is 21.3 Å². The maximum absolute atomic E-state index is 12.1. The lowest BCUT2D eigenvalue weighted by Gasteiger charge is -2.54. The molecule has 1 aliphatic rings. The second-order valence-corrected chi connectivity index (χ2v) is 11.8. The van der Waals surface area contributed by atoms with Gasteiger partial charge in [0.05, 0.1) is 20.1 Å². The molecule has 0 heterocycles. The zero-order chi connectivity index (χ0) is 15.7. The largest absolute Gasteiger partial charge is 0.469 e. The first-order valence-electron chi connectivity index (χ1n) is 6.54. The van der Waals surface area contributed by atoms with E-state index in [4.69, 9.17) is 14.2 Å². The van der Waals surface area contributed by atoms with Gasteiger partial charge in [-0.3, -0.25) is 9.59 Å². The summed E-state index contributed by atoms with van der Waals surface area (Å²) >= 11 is 0. The lowest BCUT2D eigenvalue weighted by Crippen LogP contribution is -2.65. The first-order chi connectivity index (χ1) is 9.14. The highest BCUT2D eigenvalue weighted by molar-refractivity contribution is 6.76. The van der Waals surface area contributed by atoms with E-state index >= 15 is 0 Å². The number of hydrogen-bond acceptors (Lipinski definition) is 5. The molecule has 1 fully saturated rings. The summed E-state index contributed by atoms with van der Waals surface area (Å²) in [5.74, 6) is -2.27. The van der Waals surface area contributed by atoms with Gasteiger partial charge in [-0.05, 0) is 11.6 Å². The molecule has 6 heteroatoms. The zero-order valence-corrected chi connectivity index (χ0v) is 14.1. The summed E-state index contributed by atoms with van der Waals surface area (Å²) in [6.45, 7) is 10.5. The summed E-state index contributed by atoms with van der Waals surface area (Å²) in [6, 6.07) is 0.711. The molecule has 0 aromatic carbocycles. The average Bonchev–Trinajstić information content (AvgIpc) is 2.38. The maximum Gasteiger partial charge on any atom is 0.313 e. The summed E-state index contributed by atoms with van der Waals surface area (Å²) in [4.78, 5) is 24.0. The van der Waals surface area contributed by atoms with Crippen LogP contribution in [0.4, 0.5) is 0 Å². The third-order valence-corrected chi connectivity index (χ3v) is 5.41. The first-order valence-corrected chi connectivity index (χ1v) is 10.3. The van der Waals surface area contributed by atoms with Crippen molar-refractivity contribution in [3.8, 4) is 0 Å². The Morgan fingerprint density at radius 1 is 1.15 bits per heavy atom. The van der Waals surface area contributed by atoms with E-state index in [0.29, 0.717) is 11.6 Å². The lowest BCUT2D eigenvalue weighted by atomic mass is 9.58. The van der Waals surface area contributed by atoms with Crippen LogP contribution >= 0.6 is 0 Å². The van der Waals surface area contributed by atoms with Crippen molar-refractivity contribution in [3.63, 3.8) is 0 Å². The minimum Gasteiger partial charge on any atom is -0.469 e. The third kappa shape index (κ3) is 2.67. The predicted molar refractivity (Wildman–Crippen MR) is 78.0 cm³/mol. The van der Waals surface area contributed by atoms with Gasteiger partial charge in [0.1, 0.15) is 11.5 Å². The lowest BCUT2D eigenvalue weighted by molar-refractivity contribution is -0.180. The van der Waals surface area contributed by atoms with E-state index in [1.54, 1.807) is 7.11 Å². The van der Waals surface area contributed by atoms with Crippen molar-refractivity contribution < 1.29 is 23.8 Å². The highest BCUT2D eigenvalue weighted by atomic mass is 28.3. The van der Waals surface area contributed by atoms with Crippen LogP contribution in [-0.2, 0) is 23.8 Å². The van der Waals surface area contributed by atoms with Crippen molar-refractivity contribution in [2.45, 2.75) is 31.3 Å². The molecule has 114 valence electrons. The Kier molecular flexibility index (Phi) is 4.81. The van der Waals surface area contributed by atoms with Gasteiger partial charge in [0.2, 0.25) is 0 Å². The second-order valence-electron chi connectivity index (χ2n) is 6.36. The fourth-order valence-electron chi connectivity index (χ4n) is 3.04. The highest BCUT2D eigenvalue weighted by Crippen LogP contribution is 2.55. The van der Waals surface area contributed by atoms with Gasteiger partial charge in [0.15, 0.2) is 0 Å². The van der Waals surface area contributed by atoms with Crippen molar-refractivity contribution >= 4 is 20.0 Å². The molecule has 3 atom stereocenters. The fourth-order valence-corrected chi connectivity index (χ4v) is 5.20. The molecule has 1 unspecified atom stereocenters. The van der Waals surface area contributed by atoms with Crippen LogP contribution in [0.5, 0.6) is 0 Å². The summed E-state index contributed by atoms with van der Waals surface area (Å²) < 4.78 is 15.3. The number of esters is 2. The van der Waals surface area contributed by atoms with Crippen molar-refractivity contribution in [1.82, 2.24) is 0 Å². The van der Waals surface area contributed by atoms with Crippen molar-refractivity contribution in [3.05, 3.63) is 12.2 Å². The van der Waals surface area contributed by atoms with Gasteiger partial charge in [-0.25, -0.2) is 0 Å². The van der Waals surface area contributed by atoms with Gasteiger partial charge >= 0.3 is 11.9 Å². The summed E-state index contributed by atoms with van der Waals surface area (Å²) in [7, 11) is 2.62. The van der Waals surface area contributed by atoms with E-state index in [-0.39, 0.29) is 0 Å². The minimum atomic E-state index is -1.55. The molecule has 5 nitrogen and oxygen atoms in total. The molecule has 0 aromatic rings. The molecule has 0 bridgehead atoms. The average molecular weight is 300 g/mol. The van der Waals surface area contributed by atoms with Crippen LogP contribution in [0.1, 0.15) is 0 Å². The molecule has 0 radical (unpaired) electrons. The summed E-state index contributed by atoms with van der Waals surface area (Å²) in [5, 5.41) is 0. The Morgan fingerprint density at radius 3 is 2.00 bits per heavy atom. The second kappa shape index (κ2) is 5.69. The SMILES string of the molecule is C=C1[C@H](C(=O)OC)[C@H](C(=O)OC)C1(C[Si](C)(C)C)OC. The quantitative estimate of drug-likeness (QED) is 0.440. The fraction of sp³-hybridized carbons (Fsp3) is 0.714. The normalized spacial score (nSPS) is 29.6. The van der Waals surface area contributed by atoms with Crippen LogP contribution in [0, 0.1) is 11.8 Å². The Morgan fingerprint density at radius 2 is 1.65 bits per heavy atom. The molecule has 0 aliphatic heterocycles. The predicted octanol–water partition coefficient (Wildman–Crippen LogP) is 1.86. The Hall–Kier alpha value is -1.14.